The van der Waals surface area contributed by atoms with Crippen LogP contribution in [-0.4, -0.2) is 51.8 Å². The molecule has 0 atom stereocenters. The van der Waals surface area contributed by atoms with Gasteiger partial charge in [0.1, 0.15) is 11.6 Å². The van der Waals surface area contributed by atoms with Crippen LogP contribution in [-0.2, 0) is 0 Å². The van der Waals surface area contributed by atoms with Gasteiger partial charge in [0.15, 0.2) is 4.47 Å². The van der Waals surface area contributed by atoms with Crippen LogP contribution in [0.4, 0.5) is 21.2 Å². The Morgan fingerprint density at radius 1 is 1.32 bits per heavy atom. The molecule has 0 saturated carbocycles. The first-order valence-electron chi connectivity index (χ1n) is 7.26. The Kier molecular flexibility index (Phi) is 5.19. The van der Waals surface area contributed by atoms with E-state index in [2.05, 4.69) is 20.6 Å². The van der Waals surface area contributed by atoms with Crippen molar-refractivity contribution in [1.29, 1.82) is 0 Å². The molecule has 2 aromatic rings. The summed E-state index contributed by atoms with van der Waals surface area (Å²) in [5.74, 6) is 1.17. The average Bonchev–Trinajstić information content (AvgIpc) is 2.90. The summed E-state index contributed by atoms with van der Waals surface area (Å²) in [5, 5.41) is 15.5. The van der Waals surface area contributed by atoms with E-state index in [1.54, 1.807) is 23.6 Å². The lowest BCUT2D eigenvalue weighted by Gasteiger charge is -2.36. The molecule has 25 heavy (non-hydrogen) atoms. The smallest absolute Gasteiger partial charge is 0.407 e. The molecular formula is C14H14ClN5O4S. The Labute approximate surface area is 151 Å². The maximum Gasteiger partial charge on any atom is 0.407 e. The van der Waals surface area contributed by atoms with E-state index >= 15 is 0 Å². The van der Waals surface area contributed by atoms with E-state index < -0.39 is 12.1 Å². The molecular weight excluding hydrogens is 370 g/mol. The summed E-state index contributed by atoms with van der Waals surface area (Å²) in [6.45, 7) is 1.27. The van der Waals surface area contributed by atoms with Crippen LogP contribution in [0.25, 0.3) is 0 Å². The van der Waals surface area contributed by atoms with E-state index in [4.69, 9.17) is 21.4 Å². The Balaban J connectivity index is 1.48. The quantitative estimate of drug-likeness (QED) is 0.730. The molecule has 132 valence electrons. The second kappa shape index (κ2) is 7.53. The van der Waals surface area contributed by atoms with Crippen molar-refractivity contribution >= 4 is 46.7 Å². The molecule has 0 aromatic carbocycles. The highest BCUT2D eigenvalue weighted by atomic mass is 35.5. The number of pyridine rings is 1. The number of carboxylic acid groups (broad SMARTS) is 1. The standard InChI is InChI=1S/C14H14ClN5O4S/c15-12-17-10(7-25-12)19-13(21)18-9-2-1-3-11(16-9)24-6-8-4-20(5-8)14(22)23/h1-3,7-8H,4-6H2,(H,22,23)(H2,16,18,19,21). The number of amides is 3. The van der Waals surface area contributed by atoms with Crippen molar-refractivity contribution in [2.75, 3.05) is 30.3 Å². The number of ether oxygens (including phenoxy) is 1. The molecule has 0 unspecified atom stereocenters. The van der Waals surface area contributed by atoms with Crippen molar-refractivity contribution in [2.24, 2.45) is 5.92 Å². The van der Waals surface area contributed by atoms with E-state index in [1.807, 2.05) is 0 Å². The normalized spacial score (nSPS) is 13.9. The molecule has 1 fully saturated rings. The molecule has 1 aliphatic rings. The van der Waals surface area contributed by atoms with Crippen molar-refractivity contribution in [1.82, 2.24) is 14.9 Å². The summed E-state index contributed by atoms with van der Waals surface area (Å²) < 4.78 is 5.89. The molecule has 3 amide bonds. The summed E-state index contributed by atoms with van der Waals surface area (Å²) in [5.41, 5.74) is 0. The van der Waals surface area contributed by atoms with E-state index in [0.29, 0.717) is 41.7 Å². The molecule has 0 radical (unpaired) electrons. The number of aromatic nitrogens is 2. The van der Waals surface area contributed by atoms with Gasteiger partial charge in [-0.1, -0.05) is 17.7 Å². The Morgan fingerprint density at radius 3 is 2.76 bits per heavy atom. The number of rotatable bonds is 5. The fraction of sp³-hybridized carbons (Fsp3) is 0.286. The van der Waals surface area contributed by atoms with Crippen molar-refractivity contribution in [2.45, 2.75) is 0 Å². The van der Waals surface area contributed by atoms with E-state index in [0.717, 1.165) is 0 Å². The topological polar surface area (TPSA) is 117 Å². The molecule has 3 heterocycles. The van der Waals surface area contributed by atoms with Crippen LogP contribution in [0.3, 0.4) is 0 Å². The second-order valence-electron chi connectivity index (χ2n) is 5.29. The first kappa shape index (κ1) is 17.2. The average molecular weight is 384 g/mol. The molecule has 1 aliphatic heterocycles. The molecule has 0 spiro atoms. The zero-order chi connectivity index (χ0) is 17.8. The molecule has 0 bridgehead atoms. The number of likely N-dealkylation sites (tertiary alicyclic amines) is 1. The first-order valence-corrected chi connectivity index (χ1v) is 8.52. The van der Waals surface area contributed by atoms with Gasteiger partial charge in [0.2, 0.25) is 5.88 Å². The van der Waals surface area contributed by atoms with Crippen LogP contribution in [0.1, 0.15) is 0 Å². The Bertz CT molecular complexity index is 780. The van der Waals surface area contributed by atoms with Crippen molar-refractivity contribution < 1.29 is 19.4 Å². The van der Waals surface area contributed by atoms with Gasteiger partial charge < -0.3 is 14.7 Å². The number of hydrogen-bond donors (Lipinski definition) is 3. The lowest BCUT2D eigenvalue weighted by Crippen LogP contribution is -2.51. The van der Waals surface area contributed by atoms with Crippen LogP contribution in [0.15, 0.2) is 23.6 Å². The maximum absolute atomic E-state index is 11.9. The maximum atomic E-state index is 11.9. The van der Waals surface area contributed by atoms with Crippen LogP contribution in [0, 0.1) is 5.92 Å². The fourth-order valence-electron chi connectivity index (χ4n) is 2.17. The number of carbonyl (C=O) groups is 2. The third kappa shape index (κ3) is 4.70. The van der Waals surface area contributed by atoms with Crippen LogP contribution in [0.2, 0.25) is 4.47 Å². The van der Waals surface area contributed by atoms with Gasteiger partial charge in [0, 0.05) is 30.5 Å². The third-order valence-electron chi connectivity index (χ3n) is 3.38. The zero-order valence-corrected chi connectivity index (χ0v) is 14.4. The summed E-state index contributed by atoms with van der Waals surface area (Å²) in [7, 11) is 0. The number of hydrogen-bond acceptors (Lipinski definition) is 6. The van der Waals surface area contributed by atoms with Crippen LogP contribution < -0.4 is 15.4 Å². The summed E-state index contributed by atoms with van der Waals surface area (Å²) in [6, 6.07) is 4.48. The number of urea groups is 1. The molecule has 2 aromatic heterocycles. The minimum absolute atomic E-state index is 0.146. The van der Waals surface area contributed by atoms with Gasteiger partial charge in [-0.15, -0.1) is 11.3 Å². The van der Waals surface area contributed by atoms with Gasteiger partial charge >= 0.3 is 12.1 Å². The van der Waals surface area contributed by atoms with E-state index in [1.165, 1.54) is 16.2 Å². The first-order chi connectivity index (χ1) is 12.0. The van der Waals surface area contributed by atoms with Crippen molar-refractivity contribution in [3.8, 4) is 5.88 Å². The minimum Gasteiger partial charge on any atom is -0.477 e. The lowest BCUT2D eigenvalue weighted by atomic mass is 10.0. The van der Waals surface area contributed by atoms with Crippen molar-refractivity contribution in [3.63, 3.8) is 0 Å². The molecule has 3 N–H and O–H groups in total. The van der Waals surface area contributed by atoms with Gasteiger partial charge in [0.05, 0.1) is 6.61 Å². The second-order valence-corrected chi connectivity index (χ2v) is 6.73. The highest BCUT2D eigenvalue weighted by molar-refractivity contribution is 7.14. The van der Waals surface area contributed by atoms with Gasteiger partial charge in [0.25, 0.3) is 0 Å². The Morgan fingerprint density at radius 2 is 2.08 bits per heavy atom. The number of carbonyl (C=O) groups excluding carboxylic acids is 1. The summed E-state index contributed by atoms with van der Waals surface area (Å²) in [4.78, 5) is 32.0. The van der Waals surface area contributed by atoms with Gasteiger partial charge in [-0.2, -0.15) is 4.98 Å². The van der Waals surface area contributed by atoms with E-state index in [9.17, 15) is 9.59 Å². The summed E-state index contributed by atoms with van der Waals surface area (Å²) >= 11 is 6.91. The molecule has 0 aliphatic carbocycles. The lowest BCUT2D eigenvalue weighted by molar-refractivity contribution is 0.0576. The molecule has 9 nitrogen and oxygen atoms in total. The van der Waals surface area contributed by atoms with Gasteiger partial charge in [-0.3, -0.25) is 10.6 Å². The van der Waals surface area contributed by atoms with Crippen molar-refractivity contribution in [3.05, 3.63) is 28.0 Å². The molecule has 3 rings (SSSR count). The van der Waals surface area contributed by atoms with Crippen LogP contribution in [0.5, 0.6) is 5.88 Å². The third-order valence-corrected chi connectivity index (χ3v) is 4.36. The highest BCUT2D eigenvalue weighted by Gasteiger charge is 2.30. The number of halogens is 1. The number of nitrogens with one attached hydrogen (secondary N) is 2. The number of thiazole rings is 1. The number of anilines is 2. The van der Waals surface area contributed by atoms with Gasteiger partial charge in [-0.05, 0) is 6.07 Å². The fourth-order valence-corrected chi connectivity index (χ4v) is 2.87. The number of nitrogens with zero attached hydrogens (tertiary/aromatic N) is 3. The monoisotopic (exact) mass is 383 g/mol. The highest BCUT2D eigenvalue weighted by Crippen LogP contribution is 2.20. The molecule has 1 saturated heterocycles. The molecule has 11 heteroatoms. The summed E-state index contributed by atoms with van der Waals surface area (Å²) in [6.07, 6.45) is -0.923. The van der Waals surface area contributed by atoms with E-state index in [-0.39, 0.29) is 5.92 Å². The Hall–Kier alpha value is -2.59. The minimum atomic E-state index is -0.923. The van der Waals surface area contributed by atoms with Crippen LogP contribution >= 0.6 is 22.9 Å². The van der Waals surface area contributed by atoms with Gasteiger partial charge in [-0.25, -0.2) is 14.6 Å². The predicted molar refractivity (Wildman–Crippen MR) is 92.6 cm³/mol. The largest absolute Gasteiger partial charge is 0.477 e. The predicted octanol–water partition coefficient (Wildman–Crippen LogP) is 2.82. The zero-order valence-electron chi connectivity index (χ0n) is 12.8. The SMILES string of the molecule is O=C(Nc1cccc(OCC2CN(C(=O)O)C2)n1)Nc1csc(Cl)n1.